The Hall–Kier alpha value is -2.43. The number of benzene rings is 2. The van der Waals surface area contributed by atoms with Gasteiger partial charge in [-0.2, -0.15) is 0 Å². The molecule has 1 aliphatic rings. The van der Waals surface area contributed by atoms with Crippen molar-refractivity contribution in [3.63, 3.8) is 0 Å². The smallest absolute Gasteiger partial charge is 0.239 e. The van der Waals surface area contributed by atoms with Crippen molar-refractivity contribution in [2.75, 3.05) is 39.8 Å². The van der Waals surface area contributed by atoms with Gasteiger partial charge in [0.2, 0.25) is 5.91 Å². The average Bonchev–Trinajstić information content (AvgIpc) is 2.74. The Bertz CT molecular complexity index is 752. The van der Waals surface area contributed by atoms with Crippen molar-refractivity contribution in [1.29, 1.82) is 0 Å². The number of rotatable bonds is 7. The van der Waals surface area contributed by atoms with Crippen LogP contribution in [-0.4, -0.2) is 66.4 Å². The maximum atomic E-state index is 12.8. The number of amides is 1. The van der Waals surface area contributed by atoms with Crippen molar-refractivity contribution in [3.8, 4) is 0 Å². The van der Waals surface area contributed by atoms with Crippen LogP contribution in [0.1, 0.15) is 18.1 Å². The highest BCUT2D eigenvalue weighted by molar-refractivity contribution is 5.81. The molecule has 28 heavy (non-hydrogen) atoms. The van der Waals surface area contributed by atoms with Crippen LogP contribution in [0.5, 0.6) is 0 Å². The third-order valence-electron chi connectivity index (χ3n) is 5.42. The Morgan fingerprint density at radius 3 is 2.25 bits per heavy atom. The number of nitrogens with zero attached hydrogens (tertiary/aromatic N) is 3. The van der Waals surface area contributed by atoms with E-state index < -0.39 is 0 Å². The van der Waals surface area contributed by atoms with E-state index in [-0.39, 0.29) is 11.9 Å². The summed E-state index contributed by atoms with van der Waals surface area (Å²) >= 11 is 0. The third-order valence-corrected chi connectivity index (χ3v) is 5.42. The minimum atomic E-state index is -0.0734. The first-order valence-electron chi connectivity index (χ1n) is 10.1. The van der Waals surface area contributed by atoms with Gasteiger partial charge in [-0.15, -0.1) is 0 Å². The summed E-state index contributed by atoms with van der Waals surface area (Å²) in [7, 11) is 1.90. The molecule has 4 nitrogen and oxygen atoms in total. The van der Waals surface area contributed by atoms with Crippen molar-refractivity contribution >= 4 is 12.0 Å². The summed E-state index contributed by atoms with van der Waals surface area (Å²) in [4.78, 5) is 19.4. The second-order valence-corrected chi connectivity index (χ2v) is 7.51. The molecular weight excluding hydrogens is 346 g/mol. The highest BCUT2D eigenvalue weighted by atomic mass is 16.2. The quantitative estimate of drug-likeness (QED) is 0.740. The second-order valence-electron chi connectivity index (χ2n) is 7.51. The van der Waals surface area contributed by atoms with Gasteiger partial charge in [0, 0.05) is 46.3 Å². The van der Waals surface area contributed by atoms with Gasteiger partial charge in [0.15, 0.2) is 0 Å². The molecule has 3 rings (SSSR count). The Balaban J connectivity index is 1.43. The Labute approximate surface area is 169 Å². The van der Waals surface area contributed by atoms with E-state index in [9.17, 15) is 4.79 Å². The maximum Gasteiger partial charge on any atom is 0.239 e. The zero-order chi connectivity index (χ0) is 19.8. The molecule has 0 N–H and O–H groups in total. The molecule has 0 aromatic heterocycles. The highest BCUT2D eigenvalue weighted by Gasteiger charge is 2.27. The first kappa shape index (κ1) is 20.3. The molecule has 0 aliphatic carbocycles. The molecule has 1 saturated heterocycles. The Morgan fingerprint density at radius 2 is 1.61 bits per heavy atom. The van der Waals surface area contributed by atoms with E-state index in [0.717, 1.165) is 32.7 Å². The van der Waals surface area contributed by atoms with Crippen LogP contribution in [0.15, 0.2) is 66.7 Å². The average molecular weight is 378 g/mol. The number of carbonyl (C=O) groups excluding carboxylic acids is 1. The zero-order valence-corrected chi connectivity index (χ0v) is 17.0. The van der Waals surface area contributed by atoms with Gasteiger partial charge in [-0.25, -0.2) is 0 Å². The molecule has 2 aromatic rings. The van der Waals surface area contributed by atoms with Crippen LogP contribution in [0.4, 0.5) is 0 Å². The largest absolute Gasteiger partial charge is 0.340 e. The van der Waals surface area contributed by atoms with Gasteiger partial charge in [-0.1, -0.05) is 72.8 Å². The van der Waals surface area contributed by atoms with Crippen LogP contribution < -0.4 is 0 Å². The monoisotopic (exact) mass is 377 g/mol. The number of piperazine rings is 1. The topological polar surface area (TPSA) is 26.8 Å². The molecule has 0 spiro atoms. The summed E-state index contributed by atoms with van der Waals surface area (Å²) in [6.45, 7) is 7.52. The number of likely N-dealkylation sites (N-methyl/N-ethyl adjacent to an activating group) is 1. The molecule has 0 radical (unpaired) electrons. The summed E-state index contributed by atoms with van der Waals surface area (Å²) in [6.07, 6.45) is 4.41. The van der Waals surface area contributed by atoms with Gasteiger partial charge in [0.25, 0.3) is 0 Å². The van der Waals surface area contributed by atoms with Crippen LogP contribution in [0, 0.1) is 0 Å². The first-order valence-corrected chi connectivity index (χ1v) is 10.1. The molecule has 1 atom stereocenters. The SMILES string of the molecule is C[C@H](C(=O)N(C)Cc1ccccc1)N1CCN(C/C=C/c2ccccc2)CC1. The summed E-state index contributed by atoms with van der Waals surface area (Å²) in [5.41, 5.74) is 2.40. The molecule has 0 bridgehead atoms. The highest BCUT2D eigenvalue weighted by Crippen LogP contribution is 2.11. The van der Waals surface area contributed by atoms with Crippen molar-refractivity contribution < 1.29 is 4.79 Å². The standard InChI is InChI=1S/C24H31N3O/c1-21(24(28)25(2)20-23-12-7-4-8-13-23)27-18-16-26(17-19-27)15-9-14-22-10-5-3-6-11-22/h3-14,21H,15-20H2,1-2H3/b14-9+/t21-/m1/s1. The minimum absolute atomic E-state index is 0.0734. The van der Waals surface area contributed by atoms with Gasteiger partial charge in [-0.3, -0.25) is 14.6 Å². The molecule has 148 valence electrons. The van der Waals surface area contributed by atoms with E-state index in [0.29, 0.717) is 6.54 Å². The van der Waals surface area contributed by atoms with Gasteiger partial charge in [0.1, 0.15) is 0 Å². The lowest BCUT2D eigenvalue weighted by Crippen LogP contribution is -2.53. The van der Waals surface area contributed by atoms with Crippen molar-refractivity contribution in [2.45, 2.75) is 19.5 Å². The Kier molecular flexibility index (Phi) is 7.40. The fraction of sp³-hybridized carbons (Fsp3) is 0.375. The normalized spacial score (nSPS) is 16.9. The Morgan fingerprint density at radius 1 is 1.00 bits per heavy atom. The fourth-order valence-electron chi connectivity index (χ4n) is 3.65. The van der Waals surface area contributed by atoms with Crippen molar-refractivity contribution in [1.82, 2.24) is 14.7 Å². The van der Waals surface area contributed by atoms with Crippen molar-refractivity contribution in [2.24, 2.45) is 0 Å². The van der Waals surface area contributed by atoms with E-state index in [2.05, 4.69) is 58.4 Å². The molecule has 0 unspecified atom stereocenters. The van der Waals surface area contributed by atoms with E-state index >= 15 is 0 Å². The predicted octanol–water partition coefficient (Wildman–Crippen LogP) is 3.36. The summed E-state index contributed by atoms with van der Waals surface area (Å²) in [6, 6.07) is 20.5. The molecule has 1 fully saturated rings. The van der Waals surface area contributed by atoms with Gasteiger partial charge >= 0.3 is 0 Å². The maximum absolute atomic E-state index is 12.8. The molecular formula is C24H31N3O. The fourth-order valence-corrected chi connectivity index (χ4v) is 3.65. The van der Waals surface area contributed by atoms with E-state index in [4.69, 9.17) is 0 Å². The van der Waals surface area contributed by atoms with Crippen molar-refractivity contribution in [3.05, 3.63) is 77.9 Å². The van der Waals surface area contributed by atoms with E-state index in [1.807, 2.05) is 43.1 Å². The van der Waals surface area contributed by atoms with Crippen LogP contribution in [-0.2, 0) is 11.3 Å². The van der Waals surface area contributed by atoms with E-state index in [1.165, 1.54) is 11.1 Å². The van der Waals surface area contributed by atoms with Gasteiger partial charge < -0.3 is 4.90 Å². The van der Waals surface area contributed by atoms with E-state index in [1.54, 1.807) is 0 Å². The predicted molar refractivity (Wildman–Crippen MR) is 116 cm³/mol. The molecule has 2 aromatic carbocycles. The number of carbonyl (C=O) groups is 1. The third kappa shape index (κ3) is 5.78. The van der Waals surface area contributed by atoms with Gasteiger partial charge in [0.05, 0.1) is 6.04 Å². The lowest BCUT2D eigenvalue weighted by molar-refractivity contribution is -0.136. The second kappa shape index (κ2) is 10.2. The summed E-state index contributed by atoms with van der Waals surface area (Å²) in [5.74, 6) is 0.196. The summed E-state index contributed by atoms with van der Waals surface area (Å²) < 4.78 is 0. The van der Waals surface area contributed by atoms with Crippen LogP contribution in [0.25, 0.3) is 6.08 Å². The van der Waals surface area contributed by atoms with Crippen LogP contribution >= 0.6 is 0 Å². The molecule has 1 heterocycles. The molecule has 4 heteroatoms. The lowest BCUT2D eigenvalue weighted by Gasteiger charge is -2.38. The number of hydrogen-bond acceptors (Lipinski definition) is 3. The van der Waals surface area contributed by atoms with Crippen LogP contribution in [0.3, 0.4) is 0 Å². The first-order chi connectivity index (χ1) is 13.6. The van der Waals surface area contributed by atoms with Crippen LogP contribution in [0.2, 0.25) is 0 Å². The molecule has 0 saturated carbocycles. The molecule has 1 aliphatic heterocycles. The lowest BCUT2D eigenvalue weighted by atomic mass is 10.1. The van der Waals surface area contributed by atoms with Gasteiger partial charge in [-0.05, 0) is 18.1 Å². The zero-order valence-electron chi connectivity index (χ0n) is 17.0. The summed E-state index contributed by atoms with van der Waals surface area (Å²) in [5, 5.41) is 0. The molecule has 1 amide bonds. The minimum Gasteiger partial charge on any atom is -0.340 e. The number of hydrogen-bond donors (Lipinski definition) is 0.